The Bertz CT molecular complexity index is 581. The molecule has 0 radical (unpaired) electrons. The van der Waals surface area contributed by atoms with E-state index in [9.17, 15) is 13.2 Å². The number of alkyl halides is 3. The van der Waals surface area contributed by atoms with E-state index in [1.165, 1.54) is 12.1 Å². The summed E-state index contributed by atoms with van der Waals surface area (Å²) in [5.74, 6) is 0.658. The van der Waals surface area contributed by atoms with Gasteiger partial charge in [0.15, 0.2) is 5.96 Å². The van der Waals surface area contributed by atoms with Gasteiger partial charge in [-0.3, -0.25) is 4.99 Å². The number of guanidine groups is 1. The van der Waals surface area contributed by atoms with Crippen LogP contribution in [-0.4, -0.2) is 25.6 Å². The molecule has 1 aromatic carbocycles. The maximum atomic E-state index is 12.9. The van der Waals surface area contributed by atoms with E-state index in [-0.39, 0.29) is 29.4 Å². The minimum Gasteiger partial charge on any atom is -0.357 e. The molecule has 0 heterocycles. The molecule has 7 heteroatoms. The Morgan fingerprint density at radius 3 is 2.58 bits per heavy atom. The zero-order valence-corrected chi connectivity index (χ0v) is 15.9. The van der Waals surface area contributed by atoms with Crippen LogP contribution in [0.15, 0.2) is 41.9 Å². The Labute approximate surface area is 157 Å². The van der Waals surface area contributed by atoms with E-state index in [2.05, 4.69) is 22.2 Å². The first-order valence-corrected chi connectivity index (χ1v) is 7.72. The number of nitrogens with one attached hydrogen (secondary N) is 2. The molecule has 0 amide bonds. The molecule has 1 aromatic rings. The Morgan fingerprint density at radius 1 is 1.33 bits per heavy atom. The van der Waals surface area contributed by atoms with Gasteiger partial charge in [-0.1, -0.05) is 24.3 Å². The third-order valence-corrected chi connectivity index (χ3v) is 3.95. The summed E-state index contributed by atoms with van der Waals surface area (Å²) in [5, 5.41) is 6.21. The molecule has 0 aromatic heterocycles. The fourth-order valence-corrected chi connectivity index (χ4v) is 2.46. The molecule has 2 rings (SSSR count). The summed E-state index contributed by atoms with van der Waals surface area (Å²) < 4.78 is 38.6. The molecule has 1 aliphatic carbocycles. The van der Waals surface area contributed by atoms with Crippen LogP contribution >= 0.6 is 24.0 Å². The minimum absolute atomic E-state index is 0. The predicted octanol–water partition coefficient (Wildman–Crippen LogP) is 4.10. The molecule has 1 aliphatic rings. The summed E-state index contributed by atoms with van der Waals surface area (Å²) in [5.41, 5.74) is -0.143. The lowest BCUT2D eigenvalue weighted by atomic mass is 9.94. The first-order chi connectivity index (χ1) is 10.9. The molecule has 0 unspecified atom stereocenters. The van der Waals surface area contributed by atoms with Crippen LogP contribution in [0.3, 0.4) is 0 Å². The smallest absolute Gasteiger partial charge is 0.357 e. The van der Waals surface area contributed by atoms with Gasteiger partial charge in [-0.2, -0.15) is 13.2 Å². The van der Waals surface area contributed by atoms with Gasteiger partial charge in [-0.25, -0.2) is 0 Å². The Hall–Kier alpha value is -1.25. The molecular weight excluding hydrogens is 430 g/mol. The first-order valence-electron chi connectivity index (χ1n) is 7.72. The van der Waals surface area contributed by atoms with Crippen LogP contribution in [0.2, 0.25) is 0 Å². The average molecular weight is 453 g/mol. The summed E-state index contributed by atoms with van der Waals surface area (Å²) in [7, 11) is 0. The zero-order valence-electron chi connectivity index (χ0n) is 13.6. The zero-order chi connectivity index (χ0) is 16.9. The SMILES string of the molecule is C=CCNC(=NCC1(c2cccc(C(F)(F)F)c2)CC1)NCC.I. The van der Waals surface area contributed by atoms with Gasteiger partial charge in [0.25, 0.3) is 0 Å². The van der Waals surface area contributed by atoms with Crippen molar-refractivity contribution in [3.05, 3.63) is 48.0 Å². The van der Waals surface area contributed by atoms with Crippen molar-refractivity contribution in [3.8, 4) is 0 Å². The Balaban J connectivity index is 0.00000288. The lowest BCUT2D eigenvalue weighted by molar-refractivity contribution is -0.137. The van der Waals surface area contributed by atoms with Gasteiger partial charge >= 0.3 is 6.18 Å². The number of halogens is 4. The Morgan fingerprint density at radius 2 is 2.04 bits per heavy atom. The van der Waals surface area contributed by atoms with Crippen LogP contribution < -0.4 is 10.6 Å². The first kappa shape index (κ1) is 20.8. The summed E-state index contributed by atoms with van der Waals surface area (Å²) in [6.45, 7) is 7.39. The normalized spacial score (nSPS) is 16.1. The molecular formula is C17H23F3IN3. The van der Waals surface area contributed by atoms with Crippen molar-refractivity contribution in [1.82, 2.24) is 10.6 Å². The predicted molar refractivity (Wildman–Crippen MR) is 102 cm³/mol. The summed E-state index contributed by atoms with van der Waals surface area (Å²) in [6.07, 6.45) is -0.861. The van der Waals surface area contributed by atoms with Crippen molar-refractivity contribution in [3.63, 3.8) is 0 Å². The van der Waals surface area contributed by atoms with Crippen molar-refractivity contribution in [2.45, 2.75) is 31.4 Å². The number of rotatable bonds is 6. The van der Waals surface area contributed by atoms with Gasteiger partial charge in [0, 0.05) is 18.5 Å². The van der Waals surface area contributed by atoms with Crippen molar-refractivity contribution in [2.24, 2.45) is 4.99 Å². The highest BCUT2D eigenvalue weighted by Crippen LogP contribution is 2.49. The van der Waals surface area contributed by atoms with E-state index in [1.807, 2.05) is 6.92 Å². The molecule has 0 spiro atoms. The Kier molecular flexibility index (Phi) is 7.56. The van der Waals surface area contributed by atoms with Crippen LogP contribution in [0.1, 0.15) is 30.9 Å². The fraction of sp³-hybridized carbons (Fsp3) is 0.471. The fourth-order valence-electron chi connectivity index (χ4n) is 2.46. The quantitative estimate of drug-likeness (QED) is 0.295. The number of hydrogen-bond acceptors (Lipinski definition) is 1. The molecule has 1 saturated carbocycles. The van der Waals surface area contributed by atoms with E-state index in [4.69, 9.17) is 0 Å². The molecule has 0 saturated heterocycles. The van der Waals surface area contributed by atoms with Gasteiger partial charge in [-0.15, -0.1) is 30.6 Å². The van der Waals surface area contributed by atoms with Crippen molar-refractivity contribution in [1.29, 1.82) is 0 Å². The van der Waals surface area contributed by atoms with E-state index in [1.54, 1.807) is 12.1 Å². The second-order valence-corrected chi connectivity index (χ2v) is 5.72. The second kappa shape index (κ2) is 8.73. The number of aliphatic imine (C=N–C) groups is 1. The summed E-state index contributed by atoms with van der Waals surface area (Å²) >= 11 is 0. The van der Waals surface area contributed by atoms with E-state index >= 15 is 0 Å². The van der Waals surface area contributed by atoms with Gasteiger partial charge in [0.2, 0.25) is 0 Å². The third-order valence-electron chi connectivity index (χ3n) is 3.95. The molecule has 2 N–H and O–H groups in total. The molecule has 1 fully saturated rings. The molecule has 0 bridgehead atoms. The van der Waals surface area contributed by atoms with Gasteiger partial charge in [0.1, 0.15) is 0 Å². The van der Waals surface area contributed by atoms with Crippen molar-refractivity contribution >= 4 is 29.9 Å². The topological polar surface area (TPSA) is 36.4 Å². The largest absolute Gasteiger partial charge is 0.416 e. The monoisotopic (exact) mass is 453 g/mol. The highest BCUT2D eigenvalue weighted by Gasteiger charge is 2.45. The van der Waals surface area contributed by atoms with Crippen LogP contribution in [0.5, 0.6) is 0 Å². The van der Waals surface area contributed by atoms with Crippen LogP contribution in [0.25, 0.3) is 0 Å². The summed E-state index contributed by atoms with van der Waals surface area (Å²) in [4.78, 5) is 4.52. The maximum Gasteiger partial charge on any atom is 0.416 e. The number of hydrogen-bond donors (Lipinski definition) is 2. The van der Waals surface area contributed by atoms with Gasteiger partial charge < -0.3 is 10.6 Å². The second-order valence-electron chi connectivity index (χ2n) is 5.72. The number of nitrogens with zero attached hydrogens (tertiary/aromatic N) is 1. The molecule has 0 atom stereocenters. The van der Waals surface area contributed by atoms with E-state index in [0.717, 1.165) is 31.0 Å². The van der Waals surface area contributed by atoms with Crippen LogP contribution in [0.4, 0.5) is 13.2 Å². The molecule has 3 nitrogen and oxygen atoms in total. The number of benzene rings is 1. The highest BCUT2D eigenvalue weighted by molar-refractivity contribution is 14.0. The maximum absolute atomic E-state index is 12.9. The minimum atomic E-state index is -4.31. The van der Waals surface area contributed by atoms with Gasteiger partial charge in [0.05, 0.1) is 12.1 Å². The van der Waals surface area contributed by atoms with E-state index in [0.29, 0.717) is 19.0 Å². The lowest BCUT2D eigenvalue weighted by Gasteiger charge is -2.17. The third kappa shape index (κ3) is 5.39. The van der Waals surface area contributed by atoms with Crippen LogP contribution in [-0.2, 0) is 11.6 Å². The van der Waals surface area contributed by atoms with Gasteiger partial charge in [-0.05, 0) is 31.4 Å². The molecule has 134 valence electrons. The lowest BCUT2D eigenvalue weighted by Crippen LogP contribution is -2.38. The van der Waals surface area contributed by atoms with Crippen LogP contribution in [0, 0.1) is 0 Å². The standard InChI is InChI=1S/C17H22F3N3.HI/c1-3-10-22-15(21-4-2)23-12-16(8-9-16)13-6-5-7-14(11-13)17(18,19)20;/h3,5-7,11H,1,4,8-10,12H2,2H3,(H2,21,22,23);1H. The molecule has 0 aliphatic heterocycles. The van der Waals surface area contributed by atoms with E-state index < -0.39 is 11.7 Å². The van der Waals surface area contributed by atoms with Crippen molar-refractivity contribution in [2.75, 3.05) is 19.6 Å². The van der Waals surface area contributed by atoms with Crippen molar-refractivity contribution < 1.29 is 13.2 Å². The summed E-state index contributed by atoms with van der Waals surface area (Å²) in [6, 6.07) is 5.61. The average Bonchev–Trinajstić information content (AvgIpc) is 3.31. The molecule has 24 heavy (non-hydrogen) atoms. The highest BCUT2D eigenvalue weighted by atomic mass is 127.